The first-order valence-corrected chi connectivity index (χ1v) is 6.89. The lowest BCUT2D eigenvalue weighted by Crippen LogP contribution is -2.44. The molecule has 0 aromatic rings. The molecule has 1 rings (SSSR count). The highest BCUT2D eigenvalue weighted by Gasteiger charge is 2.15. The smallest absolute Gasteiger partial charge is 0.303 e. The molecule has 0 aromatic heterocycles. The summed E-state index contributed by atoms with van der Waals surface area (Å²) in [5.41, 5.74) is 0. The Hall–Kier alpha value is -0.880. The molecule has 0 aromatic carbocycles. The topological polar surface area (TPSA) is 81.6 Å². The normalized spacial score (nSPS) is 18.1. The Labute approximate surface area is 113 Å². The standard InChI is InChI=1S/C12H22N2O3S/c15-8-9(6-11(16)17)7-13-12(18)14-10-4-2-1-3-5-10/h9-10,15H,1-8H2,(H,16,17)(H2,13,14,18). The van der Waals surface area contributed by atoms with Crippen LogP contribution in [0, 0.1) is 5.92 Å². The fourth-order valence-electron chi connectivity index (χ4n) is 2.17. The minimum Gasteiger partial charge on any atom is -0.481 e. The molecule has 0 saturated heterocycles. The van der Waals surface area contributed by atoms with Gasteiger partial charge in [-0.25, -0.2) is 0 Å². The SMILES string of the molecule is O=C(O)CC(CO)CNC(=S)NC1CCCCC1. The van der Waals surface area contributed by atoms with Crippen molar-refractivity contribution < 1.29 is 15.0 Å². The first-order chi connectivity index (χ1) is 8.61. The Kier molecular flexibility index (Phi) is 6.97. The van der Waals surface area contributed by atoms with E-state index < -0.39 is 5.97 Å². The molecule has 1 unspecified atom stereocenters. The second-order valence-electron chi connectivity index (χ2n) is 4.84. The van der Waals surface area contributed by atoms with Gasteiger partial charge in [0.1, 0.15) is 0 Å². The van der Waals surface area contributed by atoms with Gasteiger partial charge >= 0.3 is 5.97 Å². The zero-order valence-electron chi connectivity index (χ0n) is 10.5. The molecule has 5 nitrogen and oxygen atoms in total. The predicted molar refractivity (Wildman–Crippen MR) is 73.4 cm³/mol. The molecule has 0 radical (unpaired) electrons. The number of hydrogen-bond donors (Lipinski definition) is 4. The molecule has 0 bridgehead atoms. The van der Waals surface area contributed by atoms with Crippen molar-refractivity contribution in [1.82, 2.24) is 10.6 Å². The fraction of sp³-hybridized carbons (Fsp3) is 0.833. The van der Waals surface area contributed by atoms with E-state index in [9.17, 15) is 4.79 Å². The van der Waals surface area contributed by atoms with E-state index in [4.69, 9.17) is 22.4 Å². The van der Waals surface area contributed by atoms with Crippen molar-refractivity contribution in [1.29, 1.82) is 0 Å². The lowest BCUT2D eigenvalue weighted by Gasteiger charge is -2.25. The number of aliphatic carboxylic acids is 1. The molecule has 1 aliphatic carbocycles. The highest BCUT2D eigenvalue weighted by molar-refractivity contribution is 7.80. The average molecular weight is 274 g/mol. The average Bonchev–Trinajstić information content (AvgIpc) is 2.35. The molecular formula is C12H22N2O3S. The van der Waals surface area contributed by atoms with Crippen LogP contribution in [0.3, 0.4) is 0 Å². The zero-order chi connectivity index (χ0) is 13.4. The maximum Gasteiger partial charge on any atom is 0.303 e. The van der Waals surface area contributed by atoms with Crippen LogP contribution in [0.15, 0.2) is 0 Å². The van der Waals surface area contributed by atoms with E-state index >= 15 is 0 Å². The number of rotatable bonds is 6. The van der Waals surface area contributed by atoms with E-state index in [0.717, 1.165) is 12.8 Å². The molecule has 18 heavy (non-hydrogen) atoms. The fourth-order valence-corrected chi connectivity index (χ4v) is 2.42. The van der Waals surface area contributed by atoms with E-state index in [2.05, 4.69) is 10.6 Å². The Morgan fingerprint density at radius 2 is 2.00 bits per heavy atom. The Bertz CT molecular complexity index is 280. The molecule has 0 spiro atoms. The van der Waals surface area contributed by atoms with Crippen LogP contribution in [0.25, 0.3) is 0 Å². The quantitative estimate of drug-likeness (QED) is 0.538. The van der Waals surface area contributed by atoms with E-state index in [1.54, 1.807) is 0 Å². The van der Waals surface area contributed by atoms with Crippen LogP contribution in [-0.2, 0) is 4.79 Å². The summed E-state index contributed by atoms with van der Waals surface area (Å²) in [7, 11) is 0. The largest absolute Gasteiger partial charge is 0.481 e. The molecule has 4 N–H and O–H groups in total. The minimum absolute atomic E-state index is 0.0461. The number of aliphatic hydroxyl groups excluding tert-OH is 1. The molecule has 1 fully saturated rings. The molecule has 0 aliphatic heterocycles. The monoisotopic (exact) mass is 274 g/mol. The van der Waals surface area contributed by atoms with Crippen LogP contribution in [0.1, 0.15) is 38.5 Å². The Morgan fingerprint density at radius 1 is 1.33 bits per heavy atom. The molecule has 0 heterocycles. The first kappa shape index (κ1) is 15.2. The molecule has 104 valence electrons. The van der Waals surface area contributed by atoms with Crippen molar-refractivity contribution >= 4 is 23.3 Å². The second kappa shape index (κ2) is 8.26. The number of carboxylic acids is 1. The summed E-state index contributed by atoms with van der Waals surface area (Å²) in [6, 6.07) is 0.436. The van der Waals surface area contributed by atoms with Crippen LogP contribution >= 0.6 is 12.2 Å². The first-order valence-electron chi connectivity index (χ1n) is 6.49. The van der Waals surface area contributed by atoms with E-state index in [0.29, 0.717) is 17.7 Å². The van der Waals surface area contributed by atoms with Crippen molar-refractivity contribution in [3.8, 4) is 0 Å². The summed E-state index contributed by atoms with van der Waals surface area (Å²) >= 11 is 5.16. The van der Waals surface area contributed by atoms with Crippen LogP contribution in [0.4, 0.5) is 0 Å². The summed E-state index contributed by atoms with van der Waals surface area (Å²) in [4.78, 5) is 10.5. The highest BCUT2D eigenvalue weighted by Crippen LogP contribution is 2.17. The maximum absolute atomic E-state index is 10.5. The second-order valence-corrected chi connectivity index (χ2v) is 5.24. The third-order valence-electron chi connectivity index (χ3n) is 3.21. The van der Waals surface area contributed by atoms with Crippen molar-refractivity contribution in [3.05, 3.63) is 0 Å². The summed E-state index contributed by atoms with van der Waals surface area (Å²) in [6.07, 6.45) is 6.00. The lowest BCUT2D eigenvalue weighted by atomic mass is 9.96. The maximum atomic E-state index is 10.5. The number of nitrogens with one attached hydrogen (secondary N) is 2. The van der Waals surface area contributed by atoms with Gasteiger partial charge in [-0.3, -0.25) is 4.79 Å². The third kappa shape index (κ3) is 6.16. The van der Waals surface area contributed by atoms with Gasteiger partial charge in [-0.1, -0.05) is 19.3 Å². The van der Waals surface area contributed by atoms with E-state index in [-0.39, 0.29) is 18.9 Å². The number of aliphatic hydroxyl groups is 1. The lowest BCUT2D eigenvalue weighted by molar-refractivity contribution is -0.138. The molecule has 0 amide bonds. The number of thiocarbonyl (C=S) groups is 1. The van der Waals surface area contributed by atoms with Gasteiger partial charge in [-0.15, -0.1) is 0 Å². The van der Waals surface area contributed by atoms with Crippen LogP contribution < -0.4 is 10.6 Å². The van der Waals surface area contributed by atoms with Gasteiger partial charge in [0.05, 0.1) is 6.42 Å². The Morgan fingerprint density at radius 3 is 2.56 bits per heavy atom. The predicted octanol–water partition coefficient (Wildman–Crippen LogP) is 0.866. The van der Waals surface area contributed by atoms with Crippen LogP contribution in [0.5, 0.6) is 0 Å². The summed E-state index contributed by atoms with van der Waals surface area (Å²) in [5.74, 6) is -1.20. The van der Waals surface area contributed by atoms with Crippen molar-refractivity contribution in [2.24, 2.45) is 5.92 Å². The van der Waals surface area contributed by atoms with Gasteiger partial charge in [0.2, 0.25) is 0 Å². The van der Waals surface area contributed by atoms with Gasteiger partial charge in [0.25, 0.3) is 0 Å². The van der Waals surface area contributed by atoms with Gasteiger partial charge < -0.3 is 20.8 Å². The molecule has 1 atom stereocenters. The summed E-state index contributed by atoms with van der Waals surface area (Å²) in [5, 5.41) is 24.5. The van der Waals surface area contributed by atoms with E-state index in [1.165, 1.54) is 19.3 Å². The van der Waals surface area contributed by atoms with Crippen molar-refractivity contribution in [2.45, 2.75) is 44.6 Å². The third-order valence-corrected chi connectivity index (χ3v) is 3.48. The summed E-state index contributed by atoms with van der Waals surface area (Å²) in [6.45, 7) is 0.243. The van der Waals surface area contributed by atoms with Crippen LogP contribution in [0.2, 0.25) is 0 Å². The molecular weight excluding hydrogens is 252 g/mol. The number of carboxylic acid groups (broad SMARTS) is 1. The van der Waals surface area contributed by atoms with Gasteiger partial charge in [-0.05, 0) is 25.1 Å². The van der Waals surface area contributed by atoms with Crippen LogP contribution in [-0.4, -0.2) is 40.5 Å². The summed E-state index contributed by atoms with van der Waals surface area (Å²) < 4.78 is 0. The van der Waals surface area contributed by atoms with Gasteiger partial charge in [0.15, 0.2) is 5.11 Å². The Balaban J connectivity index is 2.20. The van der Waals surface area contributed by atoms with Gasteiger partial charge in [-0.2, -0.15) is 0 Å². The van der Waals surface area contributed by atoms with Crippen molar-refractivity contribution in [3.63, 3.8) is 0 Å². The molecule has 1 aliphatic rings. The minimum atomic E-state index is -0.901. The molecule has 1 saturated carbocycles. The zero-order valence-corrected chi connectivity index (χ0v) is 11.3. The van der Waals surface area contributed by atoms with E-state index in [1.807, 2.05) is 0 Å². The number of carbonyl (C=O) groups is 1. The number of hydrogen-bond acceptors (Lipinski definition) is 3. The van der Waals surface area contributed by atoms with Gasteiger partial charge in [0, 0.05) is 25.1 Å². The van der Waals surface area contributed by atoms with Crippen molar-refractivity contribution in [2.75, 3.05) is 13.2 Å². The molecule has 6 heteroatoms. The highest BCUT2D eigenvalue weighted by atomic mass is 32.1.